The van der Waals surface area contributed by atoms with Gasteiger partial charge in [-0.15, -0.1) is 0 Å². The first-order valence-electron chi connectivity index (χ1n) is 5.70. The molecule has 1 rings (SSSR count). The van der Waals surface area contributed by atoms with Crippen molar-refractivity contribution in [2.24, 2.45) is 17.3 Å². The quantitative estimate of drug-likeness (QED) is 0.715. The lowest BCUT2D eigenvalue weighted by molar-refractivity contribution is -0.133. The van der Waals surface area contributed by atoms with Gasteiger partial charge < -0.3 is 0 Å². The summed E-state index contributed by atoms with van der Waals surface area (Å²) in [5.41, 5.74) is -0.527. The molecule has 0 saturated heterocycles. The van der Waals surface area contributed by atoms with Gasteiger partial charge in [0.15, 0.2) is 0 Å². The third-order valence-corrected chi connectivity index (χ3v) is 3.25. The fraction of sp³-hybridized carbons (Fsp3) is 0.917. The maximum absolute atomic E-state index is 13.2. The van der Waals surface area contributed by atoms with E-state index in [1.54, 1.807) is 20.8 Å². The summed E-state index contributed by atoms with van der Waals surface area (Å²) in [6, 6.07) is 0. The molecule has 3 atom stereocenters. The Labute approximate surface area is 94.4 Å². The van der Waals surface area contributed by atoms with Crippen molar-refractivity contribution in [3.63, 3.8) is 0 Å². The molecule has 0 N–H and O–H groups in total. The van der Waals surface area contributed by atoms with Gasteiger partial charge >= 0.3 is 0 Å². The van der Waals surface area contributed by atoms with Gasteiger partial charge in [-0.05, 0) is 19.3 Å². The Morgan fingerprint density at radius 3 is 2.25 bits per heavy atom. The number of Topliss-reactive ketones (excluding diaryl/α,β-unsaturated/α-hetero) is 1. The molecule has 94 valence electrons. The van der Waals surface area contributed by atoms with Crippen LogP contribution in [0.25, 0.3) is 0 Å². The summed E-state index contributed by atoms with van der Waals surface area (Å²) in [5, 5.41) is 0. The van der Waals surface area contributed by atoms with E-state index in [1.807, 2.05) is 0 Å². The average Bonchev–Trinajstić information content (AvgIpc) is 2.15. The van der Waals surface area contributed by atoms with Crippen LogP contribution in [0, 0.1) is 17.3 Å². The van der Waals surface area contributed by atoms with Gasteiger partial charge in [-0.2, -0.15) is 0 Å². The third kappa shape index (κ3) is 2.98. The second-order valence-electron chi connectivity index (χ2n) is 5.64. The number of ketones is 1. The summed E-state index contributed by atoms with van der Waals surface area (Å²) in [6.45, 7) is 5.32. The Bertz CT molecular complexity index is 257. The lowest BCUT2D eigenvalue weighted by Gasteiger charge is -2.33. The normalized spacial score (nSPS) is 31.8. The SMILES string of the molecule is CC(C)(C)C(=O)C1CCC(F)C(C(F)F)C1. The molecule has 3 unspecified atom stereocenters. The van der Waals surface area contributed by atoms with Crippen LogP contribution in [0.2, 0.25) is 0 Å². The van der Waals surface area contributed by atoms with Crippen molar-refractivity contribution in [1.82, 2.24) is 0 Å². The molecule has 0 radical (unpaired) electrons. The first kappa shape index (κ1) is 13.5. The molecule has 0 amide bonds. The fourth-order valence-electron chi connectivity index (χ4n) is 2.28. The third-order valence-electron chi connectivity index (χ3n) is 3.25. The molecule has 1 nitrogen and oxygen atoms in total. The molecule has 1 saturated carbocycles. The van der Waals surface area contributed by atoms with Gasteiger partial charge in [0, 0.05) is 11.3 Å². The Morgan fingerprint density at radius 2 is 1.81 bits per heavy atom. The van der Waals surface area contributed by atoms with Crippen LogP contribution in [0.15, 0.2) is 0 Å². The first-order valence-corrected chi connectivity index (χ1v) is 5.70. The van der Waals surface area contributed by atoms with E-state index in [0.717, 1.165) is 0 Å². The zero-order chi connectivity index (χ0) is 12.5. The molecule has 1 fully saturated rings. The summed E-state index contributed by atoms with van der Waals surface area (Å²) in [6.07, 6.45) is -3.63. The number of alkyl halides is 3. The fourth-order valence-corrected chi connectivity index (χ4v) is 2.28. The molecule has 16 heavy (non-hydrogen) atoms. The van der Waals surface area contributed by atoms with Gasteiger partial charge in [0.1, 0.15) is 12.0 Å². The zero-order valence-corrected chi connectivity index (χ0v) is 9.97. The first-order chi connectivity index (χ1) is 7.23. The van der Waals surface area contributed by atoms with E-state index in [-0.39, 0.29) is 18.6 Å². The molecule has 4 heteroatoms. The van der Waals surface area contributed by atoms with Crippen LogP contribution in [-0.2, 0) is 4.79 Å². The van der Waals surface area contributed by atoms with Crippen molar-refractivity contribution >= 4 is 5.78 Å². The van der Waals surface area contributed by atoms with Crippen LogP contribution in [-0.4, -0.2) is 18.4 Å². The summed E-state index contributed by atoms with van der Waals surface area (Å²) < 4.78 is 38.3. The van der Waals surface area contributed by atoms with Crippen molar-refractivity contribution in [3.8, 4) is 0 Å². The van der Waals surface area contributed by atoms with Crippen LogP contribution in [0.4, 0.5) is 13.2 Å². The van der Waals surface area contributed by atoms with Gasteiger partial charge in [0.05, 0.1) is 5.92 Å². The van der Waals surface area contributed by atoms with Crippen molar-refractivity contribution in [1.29, 1.82) is 0 Å². The lowest BCUT2D eigenvalue weighted by Crippen LogP contribution is -2.38. The van der Waals surface area contributed by atoms with Crippen LogP contribution in [0.1, 0.15) is 40.0 Å². The summed E-state index contributed by atoms with van der Waals surface area (Å²) in [7, 11) is 0. The van der Waals surface area contributed by atoms with Gasteiger partial charge in [-0.3, -0.25) is 4.79 Å². The Morgan fingerprint density at radius 1 is 1.25 bits per heavy atom. The summed E-state index contributed by atoms with van der Waals surface area (Å²) in [5.74, 6) is -1.68. The molecule has 0 bridgehead atoms. The van der Waals surface area contributed by atoms with E-state index in [9.17, 15) is 18.0 Å². The number of carbonyl (C=O) groups excluding carboxylic acids is 1. The van der Waals surface area contributed by atoms with E-state index in [2.05, 4.69) is 0 Å². The number of hydrogen-bond acceptors (Lipinski definition) is 1. The molecule has 0 heterocycles. The molecule has 0 aromatic heterocycles. The minimum Gasteiger partial charge on any atom is -0.299 e. The summed E-state index contributed by atoms with van der Waals surface area (Å²) >= 11 is 0. The predicted octanol–water partition coefficient (Wildman–Crippen LogP) is 3.62. The van der Waals surface area contributed by atoms with Gasteiger partial charge in [-0.25, -0.2) is 13.2 Å². The standard InChI is InChI=1S/C12H19F3O/c1-12(2,3)10(16)7-4-5-9(13)8(6-7)11(14)15/h7-9,11H,4-6H2,1-3H3. The van der Waals surface area contributed by atoms with Gasteiger partial charge in [-0.1, -0.05) is 20.8 Å². The second-order valence-corrected chi connectivity index (χ2v) is 5.64. The molecular formula is C12H19F3O. The number of carbonyl (C=O) groups is 1. The zero-order valence-electron chi connectivity index (χ0n) is 9.97. The number of halogens is 3. The van der Waals surface area contributed by atoms with Crippen molar-refractivity contribution < 1.29 is 18.0 Å². The highest BCUT2D eigenvalue weighted by molar-refractivity contribution is 5.86. The van der Waals surface area contributed by atoms with E-state index in [1.165, 1.54) is 0 Å². The van der Waals surface area contributed by atoms with Crippen LogP contribution >= 0.6 is 0 Å². The second kappa shape index (κ2) is 4.76. The lowest BCUT2D eigenvalue weighted by atomic mass is 9.72. The smallest absolute Gasteiger partial charge is 0.244 e. The van der Waals surface area contributed by atoms with E-state index in [4.69, 9.17) is 0 Å². The van der Waals surface area contributed by atoms with Crippen LogP contribution in [0.3, 0.4) is 0 Å². The molecule has 0 aliphatic heterocycles. The Hall–Kier alpha value is -0.540. The average molecular weight is 236 g/mol. The minimum absolute atomic E-state index is 0.00502. The number of hydrogen-bond donors (Lipinski definition) is 0. The summed E-state index contributed by atoms with van der Waals surface area (Å²) in [4.78, 5) is 11.9. The highest BCUT2D eigenvalue weighted by atomic mass is 19.3. The predicted molar refractivity (Wildman–Crippen MR) is 56.2 cm³/mol. The van der Waals surface area contributed by atoms with Crippen LogP contribution < -0.4 is 0 Å². The minimum atomic E-state index is -2.66. The largest absolute Gasteiger partial charge is 0.299 e. The monoisotopic (exact) mass is 236 g/mol. The molecule has 0 aromatic rings. The highest BCUT2D eigenvalue weighted by Crippen LogP contribution is 2.38. The van der Waals surface area contributed by atoms with E-state index < -0.39 is 29.8 Å². The maximum atomic E-state index is 13.2. The van der Waals surface area contributed by atoms with Gasteiger partial charge in [0.25, 0.3) is 0 Å². The van der Waals surface area contributed by atoms with Crippen molar-refractivity contribution in [2.45, 2.75) is 52.6 Å². The molecule has 0 spiro atoms. The van der Waals surface area contributed by atoms with E-state index >= 15 is 0 Å². The molecule has 1 aliphatic rings. The topological polar surface area (TPSA) is 17.1 Å². The molecular weight excluding hydrogens is 217 g/mol. The van der Waals surface area contributed by atoms with Crippen LogP contribution in [0.5, 0.6) is 0 Å². The molecule has 0 aromatic carbocycles. The van der Waals surface area contributed by atoms with Gasteiger partial charge in [0.2, 0.25) is 6.43 Å². The Balaban J connectivity index is 2.69. The number of rotatable bonds is 2. The maximum Gasteiger partial charge on any atom is 0.244 e. The van der Waals surface area contributed by atoms with E-state index in [0.29, 0.717) is 6.42 Å². The highest BCUT2D eigenvalue weighted by Gasteiger charge is 2.41. The van der Waals surface area contributed by atoms with Crippen molar-refractivity contribution in [3.05, 3.63) is 0 Å². The molecule has 1 aliphatic carbocycles. The Kier molecular flexibility index (Phi) is 4.02. The van der Waals surface area contributed by atoms with Crippen molar-refractivity contribution in [2.75, 3.05) is 0 Å².